The maximum atomic E-state index is 5.42. The van der Waals surface area contributed by atoms with Gasteiger partial charge in [0.25, 0.3) is 0 Å². The molecule has 0 spiro atoms. The molecule has 0 atom stereocenters. The summed E-state index contributed by atoms with van der Waals surface area (Å²) in [5.41, 5.74) is 2.68. The summed E-state index contributed by atoms with van der Waals surface area (Å²) >= 11 is 0. The first kappa shape index (κ1) is 10.3. The number of hydrogen-bond acceptors (Lipinski definition) is 1. The summed E-state index contributed by atoms with van der Waals surface area (Å²) in [7, 11) is 0. The fraction of sp³-hybridized carbons (Fsp3) is 0.500. The Morgan fingerprint density at radius 2 is 1.77 bits per heavy atom. The molecule has 0 aliphatic heterocycles. The van der Waals surface area contributed by atoms with Gasteiger partial charge in [-0.05, 0) is 25.3 Å². The fourth-order valence-electron chi connectivity index (χ4n) is 1.19. The average Bonchev–Trinajstić information content (AvgIpc) is 2.15. The monoisotopic (exact) mass is 178 g/mol. The van der Waals surface area contributed by atoms with E-state index in [1.165, 1.54) is 11.1 Å². The smallest absolute Gasteiger partial charge is 0.0506 e. The van der Waals surface area contributed by atoms with Gasteiger partial charge in [-0.25, -0.2) is 0 Å². The van der Waals surface area contributed by atoms with Crippen LogP contribution < -0.4 is 0 Å². The molecule has 1 aromatic rings. The Morgan fingerprint density at radius 3 is 2.38 bits per heavy atom. The van der Waals surface area contributed by atoms with Gasteiger partial charge < -0.3 is 4.74 Å². The number of ether oxygens (including phenoxy) is 1. The van der Waals surface area contributed by atoms with Crippen molar-refractivity contribution in [1.29, 1.82) is 0 Å². The minimum absolute atomic E-state index is 0.844. The van der Waals surface area contributed by atoms with Crippen molar-refractivity contribution in [3.05, 3.63) is 35.4 Å². The van der Waals surface area contributed by atoms with Gasteiger partial charge in [0.2, 0.25) is 0 Å². The minimum atomic E-state index is 0.844. The van der Waals surface area contributed by atoms with Crippen molar-refractivity contribution in [2.45, 2.75) is 26.7 Å². The molecule has 1 heteroatoms. The SMILES string of the molecule is CCCOCCc1ccc(C)cc1. The summed E-state index contributed by atoms with van der Waals surface area (Å²) in [5, 5.41) is 0. The molecule has 0 saturated carbocycles. The van der Waals surface area contributed by atoms with Gasteiger partial charge in [-0.3, -0.25) is 0 Å². The Hall–Kier alpha value is -0.820. The first-order valence-electron chi connectivity index (χ1n) is 4.96. The van der Waals surface area contributed by atoms with E-state index in [-0.39, 0.29) is 0 Å². The maximum Gasteiger partial charge on any atom is 0.0506 e. The van der Waals surface area contributed by atoms with Crippen LogP contribution in [0.15, 0.2) is 24.3 Å². The zero-order valence-corrected chi connectivity index (χ0v) is 8.55. The molecule has 72 valence electrons. The third kappa shape index (κ3) is 4.09. The van der Waals surface area contributed by atoms with E-state index in [1.807, 2.05) is 0 Å². The van der Waals surface area contributed by atoms with Crippen molar-refractivity contribution in [3.63, 3.8) is 0 Å². The highest BCUT2D eigenvalue weighted by Gasteiger charge is 1.92. The number of hydrogen-bond donors (Lipinski definition) is 0. The zero-order valence-electron chi connectivity index (χ0n) is 8.55. The summed E-state index contributed by atoms with van der Waals surface area (Å²) in [6.45, 7) is 5.96. The summed E-state index contributed by atoms with van der Waals surface area (Å²) < 4.78 is 5.42. The molecule has 1 nitrogen and oxygen atoms in total. The molecule has 0 aliphatic carbocycles. The third-order valence-corrected chi connectivity index (χ3v) is 2.00. The number of aryl methyl sites for hydroxylation is 1. The minimum Gasteiger partial charge on any atom is -0.381 e. The number of benzene rings is 1. The van der Waals surface area contributed by atoms with Gasteiger partial charge in [0, 0.05) is 6.61 Å². The Morgan fingerprint density at radius 1 is 1.08 bits per heavy atom. The van der Waals surface area contributed by atoms with Crippen LogP contribution in [0.4, 0.5) is 0 Å². The second-order valence-corrected chi connectivity index (χ2v) is 3.35. The predicted molar refractivity (Wildman–Crippen MR) is 56.0 cm³/mol. The molecule has 0 aromatic heterocycles. The van der Waals surface area contributed by atoms with E-state index in [2.05, 4.69) is 38.1 Å². The summed E-state index contributed by atoms with van der Waals surface area (Å²) in [6.07, 6.45) is 2.13. The molecule has 1 rings (SSSR count). The molecule has 0 aliphatic rings. The standard InChI is InChI=1S/C12H18O/c1-3-9-13-10-8-12-6-4-11(2)5-7-12/h4-7H,3,8-10H2,1-2H3. The highest BCUT2D eigenvalue weighted by molar-refractivity contribution is 5.21. The van der Waals surface area contributed by atoms with Gasteiger partial charge >= 0.3 is 0 Å². The molecule has 0 heterocycles. The molecular weight excluding hydrogens is 160 g/mol. The van der Waals surface area contributed by atoms with Crippen LogP contribution in [0, 0.1) is 6.92 Å². The van der Waals surface area contributed by atoms with E-state index < -0.39 is 0 Å². The van der Waals surface area contributed by atoms with Crippen LogP contribution >= 0.6 is 0 Å². The lowest BCUT2D eigenvalue weighted by molar-refractivity contribution is 0.138. The molecule has 0 saturated heterocycles. The second-order valence-electron chi connectivity index (χ2n) is 3.35. The molecule has 13 heavy (non-hydrogen) atoms. The molecule has 0 unspecified atom stereocenters. The van der Waals surface area contributed by atoms with Gasteiger partial charge in [0.1, 0.15) is 0 Å². The van der Waals surface area contributed by atoms with Crippen LogP contribution in [0.3, 0.4) is 0 Å². The topological polar surface area (TPSA) is 9.23 Å². The fourth-order valence-corrected chi connectivity index (χ4v) is 1.19. The number of rotatable bonds is 5. The van der Waals surface area contributed by atoms with E-state index in [1.54, 1.807) is 0 Å². The van der Waals surface area contributed by atoms with Crippen molar-refractivity contribution in [3.8, 4) is 0 Å². The lowest BCUT2D eigenvalue weighted by atomic mass is 10.1. The van der Waals surface area contributed by atoms with E-state index in [0.717, 1.165) is 26.1 Å². The average molecular weight is 178 g/mol. The van der Waals surface area contributed by atoms with Crippen LogP contribution in [0.1, 0.15) is 24.5 Å². The Balaban J connectivity index is 2.25. The van der Waals surface area contributed by atoms with Gasteiger partial charge in [-0.2, -0.15) is 0 Å². The highest BCUT2D eigenvalue weighted by Crippen LogP contribution is 2.03. The molecule has 0 fully saturated rings. The Bertz CT molecular complexity index is 225. The summed E-state index contributed by atoms with van der Waals surface area (Å²) in [5.74, 6) is 0. The van der Waals surface area contributed by atoms with Crippen molar-refractivity contribution >= 4 is 0 Å². The summed E-state index contributed by atoms with van der Waals surface area (Å²) in [4.78, 5) is 0. The zero-order chi connectivity index (χ0) is 9.52. The van der Waals surface area contributed by atoms with Crippen LogP contribution in [0.25, 0.3) is 0 Å². The molecule has 1 aromatic carbocycles. The molecule has 0 amide bonds. The normalized spacial score (nSPS) is 10.3. The molecule has 0 bridgehead atoms. The van der Waals surface area contributed by atoms with E-state index >= 15 is 0 Å². The predicted octanol–water partition coefficient (Wildman–Crippen LogP) is 2.96. The molecule has 0 radical (unpaired) electrons. The van der Waals surface area contributed by atoms with Gasteiger partial charge in [-0.15, -0.1) is 0 Å². The second kappa shape index (κ2) is 5.76. The largest absolute Gasteiger partial charge is 0.381 e. The Labute approximate surface area is 80.7 Å². The highest BCUT2D eigenvalue weighted by atomic mass is 16.5. The van der Waals surface area contributed by atoms with E-state index in [9.17, 15) is 0 Å². The molecular formula is C12H18O. The van der Waals surface area contributed by atoms with Gasteiger partial charge in [0.15, 0.2) is 0 Å². The van der Waals surface area contributed by atoms with Crippen LogP contribution in [-0.4, -0.2) is 13.2 Å². The summed E-state index contributed by atoms with van der Waals surface area (Å²) in [6, 6.07) is 8.64. The van der Waals surface area contributed by atoms with Crippen LogP contribution in [0.2, 0.25) is 0 Å². The van der Waals surface area contributed by atoms with Crippen molar-refractivity contribution < 1.29 is 4.74 Å². The van der Waals surface area contributed by atoms with Crippen molar-refractivity contribution in [2.75, 3.05) is 13.2 Å². The third-order valence-electron chi connectivity index (χ3n) is 2.00. The van der Waals surface area contributed by atoms with Gasteiger partial charge in [-0.1, -0.05) is 36.8 Å². The maximum absolute atomic E-state index is 5.42. The van der Waals surface area contributed by atoms with Gasteiger partial charge in [0.05, 0.1) is 6.61 Å². The van der Waals surface area contributed by atoms with Crippen molar-refractivity contribution in [1.82, 2.24) is 0 Å². The first-order chi connectivity index (χ1) is 6.33. The van der Waals surface area contributed by atoms with E-state index in [4.69, 9.17) is 4.74 Å². The van der Waals surface area contributed by atoms with Crippen molar-refractivity contribution in [2.24, 2.45) is 0 Å². The quantitative estimate of drug-likeness (QED) is 0.630. The van der Waals surface area contributed by atoms with Crippen LogP contribution in [0.5, 0.6) is 0 Å². The first-order valence-corrected chi connectivity index (χ1v) is 4.96. The lowest BCUT2D eigenvalue weighted by Crippen LogP contribution is -1.99. The van der Waals surface area contributed by atoms with E-state index in [0.29, 0.717) is 0 Å². The van der Waals surface area contributed by atoms with Crippen LogP contribution in [-0.2, 0) is 11.2 Å². The lowest BCUT2D eigenvalue weighted by Gasteiger charge is -2.02. The Kier molecular flexibility index (Phi) is 4.55. The molecule has 0 N–H and O–H groups in total.